The molecule has 1 aromatic heterocycles. The van der Waals surface area contributed by atoms with E-state index in [0.29, 0.717) is 16.7 Å². The summed E-state index contributed by atoms with van der Waals surface area (Å²) in [6.45, 7) is 0.0877. The maximum absolute atomic E-state index is 15.7. The highest BCUT2D eigenvalue weighted by atomic mass is 32.2. The molecule has 9 nitrogen and oxygen atoms in total. The summed E-state index contributed by atoms with van der Waals surface area (Å²) < 4.78 is 34.2. The number of urea groups is 1. The number of nitrogens with one attached hydrogen (secondary N) is 2. The molecule has 8 rings (SSSR count). The van der Waals surface area contributed by atoms with Crippen LogP contribution in [0, 0.1) is 4.78 Å². The number of fused-ring (bicyclic) bond motifs is 3. The number of ether oxygens (including phenoxy) is 1. The zero-order valence-corrected chi connectivity index (χ0v) is 27.3. The second-order valence-electron chi connectivity index (χ2n) is 12.8. The molecule has 2 atom stereocenters. The Morgan fingerprint density at radius 3 is 1.92 bits per heavy atom. The third kappa shape index (κ3) is 4.81. The van der Waals surface area contributed by atoms with Gasteiger partial charge in [0.15, 0.2) is 9.92 Å². The Labute approximate surface area is 280 Å². The number of aryl methyl sites for hydroxylation is 2. The monoisotopic (exact) mass is 659 g/mol. The SMILES string of the molecule is N=S(=O)(c1cnn2c1OC[C@@H](O)C2)N(C(=O)Nc1c2c(cc3c1CCC3)CCC2)C(c1ccccc1)(c1ccccc1)c1ccccc1. The molecule has 2 heterocycles. The topological polar surface area (TPSA) is 121 Å². The minimum absolute atomic E-state index is 0.0276. The predicted molar refractivity (Wildman–Crippen MR) is 183 cm³/mol. The van der Waals surface area contributed by atoms with Gasteiger partial charge >= 0.3 is 6.03 Å². The van der Waals surface area contributed by atoms with Crippen LogP contribution >= 0.6 is 0 Å². The first-order valence-corrected chi connectivity index (χ1v) is 18.0. The number of rotatable bonds is 7. The first kappa shape index (κ1) is 30.4. The number of benzene rings is 4. The van der Waals surface area contributed by atoms with E-state index >= 15 is 9.00 Å². The van der Waals surface area contributed by atoms with Gasteiger partial charge in [0, 0.05) is 5.69 Å². The molecule has 10 heteroatoms. The molecule has 0 saturated carbocycles. The van der Waals surface area contributed by atoms with Crippen molar-refractivity contribution in [2.45, 2.75) is 61.6 Å². The molecular formula is C38H37N5O4S. The Morgan fingerprint density at radius 1 is 0.875 bits per heavy atom. The lowest BCUT2D eigenvalue weighted by Gasteiger charge is -2.45. The van der Waals surface area contributed by atoms with Gasteiger partial charge < -0.3 is 15.2 Å². The summed E-state index contributed by atoms with van der Waals surface area (Å²) in [7, 11) is -4.23. The zero-order chi connectivity index (χ0) is 32.9. The van der Waals surface area contributed by atoms with Crippen molar-refractivity contribution in [3.05, 3.63) is 142 Å². The number of aliphatic hydroxyl groups is 1. The normalized spacial score (nSPS) is 17.8. The van der Waals surface area contributed by atoms with E-state index in [-0.39, 0.29) is 23.9 Å². The summed E-state index contributed by atoms with van der Waals surface area (Å²) in [6.07, 6.45) is 6.17. The molecule has 0 radical (unpaired) electrons. The lowest BCUT2D eigenvalue weighted by molar-refractivity contribution is 0.0537. The van der Waals surface area contributed by atoms with Crippen LogP contribution in [0.3, 0.4) is 0 Å². The smallest absolute Gasteiger partial charge is 0.336 e. The highest BCUT2D eigenvalue weighted by molar-refractivity contribution is 7.90. The van der Waals surface area contributed by atoms with Crippen LogP contribution in [0.1, 0.15) is 51.8 Å². The third-order valence-corrected chi connectivity index (χ3v) is 11.7. The second-order valence-corrected chi connectivity index (χ2v) is 14.6. The number of nitrogens with zero attached hydrogens (tertiary/aromatic N) is 3. The van der Waals surface area contributed by atoms with Gasteiger partial charge in [0.25, 0.3) is 0 Å². The average Bonchev–Trinajstić information content (AvgIpc) is 3.88. The predicted octanol–water partition coefficient (Wildman–Crippen LogP) is 6.46. The minimum atomic E-state index is -4.23. The van der Waals surface area contributed by atoms with E-state index in [4.69, 9.17) is 4.74 Å². The highest BCUT2D eigenvalue weighted by Gasteiger charge is 2.51. The first-order chi connectivity index (χ1) is 23.4. The molecule has 244 valence electrons. The molecular weight excluding hydrogens is 623 g/mol. The van der Waals surface area contributed by atoms with Crippen LogP contribution in [0.4, 0.5) is 10.5 Å². The molecule has 0 fully saturated rings. The number of anilines is 1. The Morgan fingerprint density at radius 2 is 1.40 bits per heavy atom. The second kappa shape index (κ2) is 11.9. The van der Waals surface area contributed by atoms with E-state index < -0.39 is 27.6 Å². The van der Waals surface area contributed by atoms with Gasteiger partial charge in [0.05, 0.1) is 12.7 Å². The molecule has 1 unspecified atom stereocenters. The molecule has 48 heavy (non-hydrogen) atoms. The fourth-order valence-electron chi connectivity index (χ4n) is 7.82. The van der Waals surface area contributed by atoms with Gasteiger partial charge in [0.1, 0.15) is 23.1 Å². The molecule has 4 aromatic carbocycles. The summed E-state index contributed by atoms with van der Waals surface area (Å²) in [5, 5.41) is 17.9. The van der Waals surface area contributed by atoms with Crippen molar-refractivity contribution in [2.75, 3.05) is 11.9 Å². The fraction of sp³-hybridized carbons (Fsp3) is 0.263. The summed E-state index contributed by atoms with van der Waals surface area (Å²) in [5.74, 6) is 0.114. The van der Waals surface area contributed by atoms with Crippen LogP contribution in [0.25, 0.3) is 0 Å². The number of carbonyl (C=O) groups is 1. The minimum Gasteiger partial charge on any atom is -0.474 e. The number of carbonyl (C=O) groups excluding carboxylic acids is 1. The molecule has 0 spiro atoms. The molecule has 3 N–H and O–H groups in total. The Balaban J connectivity index is 1.42. The average molecular weight is 660 g/mol. The molecule has 3 aliphatic rings. The number of aromatic nitrogens is 2. The molecule has 0 bridgehead atoms. The number of hydrogen-bond acceptors (Lipinski definition) is 6. The van der Waals surface area contributed by atoms with Crippen LogP contribution in [0.2, 0.25) is 0 Å². The summed E-state index contributed by atoms with van der Waals surface area (Å²) >= 11 is 0. The van der Waals surface area contributed by atoms with Gasteiger partial charge in [-0.15, -0.1) is 0 Å². The van der Waals surface area contributed by atoms with Gasteiger partial charge in [-0.3, -0.25) is 0 Å². The van der Waals surface area contributed by atoms with Crippen LogP contribution in [0.5, 0.6) is 5.88 Å². The molecule has 2 amide bonds. The van der Waals surface area contributed by atoms with Gasteiger partial charge in [-0.1, -0.05) is 97.1 Å². The lowest BCUT2D eigenvalue weighted by atomic mass is 9.77. The van der Waals surface area contributed by atoms with Crippen molar-refractivity contribution < 1.29 is 18.8 Å². The summed E-state index contributed by atoms with van der Waals surface area (Å²) in [4.78, 5) is 15.4. The van der Waals surface area contributed by atoms with E-state index in [0.717, 1.165) is 55.3 Å². The van der Waals surface area contributed by atoms with Crippen molar-refractivity contribution in [3.63, 3.8) is 0 Å². The number of aliphatic hydroxyl groups excluding tert-OH is 1. The Bertz CT molecular complexity index is 1970. The maximum atomic E-state index is 15.7. The van der Waals surface area contributed by atoms with Crippen LogP contribution in [-0.4, -0.2) is 42.1 Å². The molecule has 5 aromatic rings. The first-order valence-electron chi connectivity index (χ1n) is 16.5. The van der Waals surface area contributed by atoms with E-state index in [2.05, 4.69) is 16.5 Å². The number of amides is 2. The lowest BCUT2D eigenvalue weighted by Crippen LogP contribution is -2.55. The van der Waals surface area contributed by atoms with E-state index in [1.54, 1.807) is 0 Å². The fourth-order valence-corrected chi connectivity index (χ4v) is 9.59. The summed E-state index contributed by atoms with van der Waals surface area (Å²) in [5.41, 5.74) is 6.02. The van der Waals surface area contributed by atoms with Crippen molar-refractivity contribution in [1.82, 2.24) is 14.1 Å². The Kier molecular flexibility index (Phi) is 7.57. The third-order valence-electron chi connectivity index (χ3n) is 9.88. The van der Waals surface area contributed by atoms with Crippen LogP contribution in [-0.2, 0) is 47.7 Å². The molecule has 2 aliphatic carbocycles. The van der Waals surface area contributed by atoms with Crippen molar-refractivity contribution in [3.8, 4) is 5.88 Å². The van der Waals surface area contributed by atoms with Crippen molar-refractivity contribution >= 4 is 21.6 Å². The maximum Gasteiger partial charge on any atom is 0.336 e. The summed E-state index contributed by atoms with van der Waals surface area (Å²) in [6, 6.07) is 30.2. The van der Waals surface area contributed by atoms with Crippen LogP contribution in [0.15, 0.2) is 108 Å². The molecule has 0 saturated heterocycles. The van der Waals surface area contributed by atoms with E-state index in [9.17, 15) is 9.89 Å². The van der Waals surface area contributed by atoms with Gasteiger partial charge in [0.2, 0.25) is 5.88 Å². The van der Waals surface area contributed by atoms with Crippen molar-refractivity contribution in [2.24, 2.45) is 0 Å². The molecule has 1 aliphatic heterocycles. The largest absolute Gasteiger partial charge is 0.474 e. The quantitative estimate of drug-likeness (QED) is 0.173. The van der Waals surface area contributed by atoms with E-state index in [1.807, 2.05) is 91.0 Å². The van der Waals surface area contributed by atoms with Crippen LogP contribution < -0.4 is 10.1 Å². The van der Waals surface area contributed by atoms with Gasteiger partial charge in [-0.2, -0.15) is 5.10 Å². The van der Waals surface area contributed by atoms with Crippen molar-refractivity contribution in [1.29, 1.82) is 4.78 Å². The highest BCUT2D eigenvalue weighted by Crippen LogP contribution is 2.48. The van der Waals surface area contributed by atoms with Gasteiger partial charge in [-0.25, -0.2) is 22.8 Å². The van der Waals surface area contributed by atoms with E-state index in [1.165, 1.54) is 26.3 Å². The Hall–Kier alpha value is -4.93. The zero-order valence-electron chi connectivity index (χ0n) is 26.5. The standard InChI is InChI=1S/C38H37N5O4S/c39-48(46,34-23-40-42-24-31(44)25-47-36(34)42)43(37(45)41-35-32-20-10-12-26(32)22-27-13-11-21-33(27)35)38(28-14-4-1-5-15-28,29-16-6-2-7-17-29)30-18-8-3-9-19-30/h1-9,14-19,22-23,31,39,44H,10-13,20-21,24-25H2,(H,41,45)/t31-,48?/m0/s1. The van der Waals surface area contributed by atoms with Gasteiger partial charge in [-0.05, 0) is 77.5 Å². The number of hydrogen-bond donors (Lipinski definition) is 3.